The van der Waals surface area contributed by atoms with Gasteiger partial charge < -0.3 is 10.1 Å². The number of nitrogens with one attached hydrogen (secondary N) is 1. The summed E-state index contributed by atoms with van der Waals surface area (Å²) in [6.45, 7) is 4.77. The minimum atomic E-state index is -0.146. The molecule has 2 aromatic carbocycles. The smallest absolute Gasteiger partial charge is 0.255 e. The first-order valence-electron chi connectivity index (χ1n) is 8.82. The second kappa shape index (κ2) is 8.34. The summed E-state index contributed by atoms with van der Waals surface area (Å²) in [4.78, 5) is 12.4. The van der Waals surface area contributed by atoms with Crippen LogP contribution in [0.2, 0.25) is 0 Å². The molecule has 0 saturated heterocycles. The van der Waals surface area contributed by atoms with E-state index < -0.39 is 0 Å². The Kier molecular flexibility index (Phi) is 5.69. The summed E-state index contributed by atoms with van der Waals surface area (Å²) in [6, 6.07) is 16.7. The van der Waals surface area contributed by atoms with Crippen LogP contribution in [0.5, 0.6) is 5.75 Å². The van der Waals surface area contributed by atoms with E-state index in [9.17, 15) is 4.79 Å². The highest BCUT2D eigenvalue weighted by atomic mass is 16.5. The lowest BCUT2D eigenvalue weighted by molar-refractivity contribution is 0.102. The standard InChI is InChI=1S/C21H23N3O2/c1-3-4-15-26-20-11-5-17(6-12-20)21(25)22-18-7-9-19(10-8-18)24-14-13-16(2)23-24/h5-14H,3-4,15H2,1-2H3,(H,22,25). The van der Waals surface area contributed by atoms with Crippen molar-refractivity contribution in [2.24, 2.45) is 0 Å². The predicted molar refractivity (Wildman–Crippen MR) is 103 cm³/mol. The zero-order valence-electron chi connectivity index (χ0n) is 15.1. The third kappa shape index (κ3) is 4.51. The lowest BCUT2D eigenvalue weighted by atomic mass is 10.2. The fourth-order valence-electron chi connectivity index (χ4n) is 2.50. The zero-order chi connectivity index (χ0) is 18.4. The summed E-state index contributed by atoms with van der Waals surface area (Å²) in [5.74, 6) is 0.640. The number of aryl methyl sites for hydroxylation is 1. The number of aromatic nitrogens is 2. The van der Waals surface area contributed by atoms with Gasteiger partial charge in [0, 0.05) is 17.4 Å². The first-order chi connectivity index (χ1) is 12.7. The Morgan fingerprint density at radius 1 is 1.08 bits per heavy atom. The van der Waals surface area contributed by atoms with E-state index in [-0.39, 0.29) is 5.91 Å². The molecule has 1 heterocycles. The number of carbonyl (C=O) groups excluding carboxylic acids is 1. The molecule has 0 aliphatic heterocycles. The van der Waals surface area contributed by atoms with Gasteiger partial charge >= 0.3 is 0 Å². The van der Waals surface area contributed by atoms with Gasteiger partial charge in [-0.2, -0.15) is 5.10 Å². The number of hydrogen-bond donors (Lipinski definition) is 1. The fourth-order valence-corrected chi connectivity index (χ4v) is 2.50. The highest BCUT2D eigenvalue weighted by Crippen LogP contribution is 2.16. The fraction of sp³-hybridized carbons (Fsp3) is 0.238. The Morgan fingerprint density at radius 2 is 1.81 bits per heavy atom. The monoisotopic (exact) mass is 349 g/mol. The molecule has 3 rings (SSSR count). The Bertz CT molecular complexity index is 852. The maximum atomic E-state index is 12.4. The molecule has 0 spiro atoms. The number of rotatable bonds is 7. The Morgan fingerprint density at radius 3 is 2.42 bits per heavy atom. The second-order valence-electron chi connectivity index (χ2n) is 6.13. The molecular formula is C21H23N3O2. The number of benzene rings is 2. The molecule has 1 aromatic heterocycles. The molecule has 0 unspecified atom stereocenters. The van der Waals surface area contributed by atoms with E-state index in [0.29, 0.717) is 12.2 Å². The lowest BCUT2D eigenvalue weighted by Gasteiger charge is -2.08. The van der Waals surface area contributed by atoms with Crippen molar-refractivity contribution in [2.45, 2.75) is 26.7 Å². The van der Waals surface area contributed by atoms with Crippen molar-refractivity contribution in [3.8, 4) is 11.4 Å². The summed E-state index contributed by atoms with van der Waals surface area (Å²) in [5.41, 5.74) is 3.25. The Hall–Kier alpha value is -3.08. The van der Waals surface area contributed by atoms with Gasteiger partial charge in [-0.3, -0.25) is 4.79 Å². The van der Waals surface area contributed by atoms with Gasteiger partial charge in [-0.1, -0.05) is 13.3 Å². The number of nitrogens with zero attached hydrogens (tertiary/aromatic N) is 2. The molecule has 0 fully saturated rings. The van der Waals surface area contributed by atoms with Crippen LogP contribution in [-0.2, 0) is 0 Å². The van der Waals surface area contributed by atoms with Gasteiger partial charge in [-0.15, -0.1) is 0 Å². The minimum Gasteiger partial charge on any atom is -0.494 e. The van der Waals surface area contributed by atoms with Gasteiger partial charge in [0.05, 0.1) is 18.0 Å². The van der Waals surface area contributed by atoms with Crippen molar-refractivity contribution < 1.29 is 9.53 Å². The number of amides is 1. The van der Waals surface area contributed by atoms with Crippen LogP contribution in [0, 0.1) is 6.92 Å². The van der Waals surface area contributed by atoms with Crippen LogP contribution in [0.4, 0.5) is 5.69 Å². The number of unbranched alkanes of at least 4 members (excludes halogenated alkanes) is 1. The SMILES string of the molecule is CCCCOc1ccc(C(=O)Nc2ccc(-n3ccc(C)n3)cc2)cc1. The minimum absolute atomic E-state index is 0.146. The first-order valence-corrected chi connectivity index (χ1v) is 8.82. The maximum absolute atomic E-state index is 12.4. The van der Waals surface area contributed by atoms with E-state index in [0.717, 1.165) is 35.7 Å². The quantitative estimate of drug-likeness (QED) is 0.634. The molecule has 134 valence electrons. The highest BCUT2D eigenvalue weighted by Gasteiger charge is 2.07. The summed E-state index contributed by atoms with van der Waals surface area (Å²) in [6.07, 6.45) is 4.03. The largest absolute Gasteiger partial charge is 0.494 e. The van der Waals surface area contributed by atoms with Gasteiger partial charge in [0.1, 0.15) is 5.75 Å². The van der Waals surface area contributed by atoms with Gasteiger partial charge in [-0.25, -0.2) is 4.68 Å². The Balaban J connectivity index is 1.60. The molecule has 0 aliphatic rings. The van der Waals surface area contributed by atoms with E-state index in [4.69, 9.17) is 4.74 Å². The topological polar surface area (TPSA) is 56.1 Å². The van der Waals surface area contributed by atoms with Crippen molar-refractivity contribution in [1.82, 2.24) is 9.78 Å². The molecular weight excluding hydrogens is 326 g/mol. The summed E-state index contributed by atoms with van der Waals surface area (Å²) in [7, 11) is 0. The van der Waals surface area contributed by atoms with Gasteiger partial charge in [0.25, 0.3) is 5.91 Å². The third-order valence-electron chi connectivity index (χ3n) is 4.00. The second-order valence-corrected chi connectivity index (χ2v) is 6.13. The molecule has 5 heteroatoms. The molecule has 0 aliphatic carbocycles. The van der Waals surface area contributed by atoms with Gasteiger partial charge in [-0.05, 0) is 67.9 Å². The maximum Gasteiger partial charge on any atom is 0.255 e. The van der Waals surface area contributed by atoms with Crippen LogP contribution in [-0.4, -0.2) is 22.3 Å². The highest BCUT2D eigenvalue weighted by molar-refractivity contribution is 6.04. The Labute approximate surface area is 153 Å². The molecule has 1 amide bonds. The molecule has 0 bridgehead atoms. The number of hydrogen-bond acceptors (Lipinski definition) is 3. The normalized spacial score (nSPS) is 10.5. The van der Waals surface area contributed by atoms with Gasteiger partial charge in [0.15, 0.2) is 0 Å². The zero-order valence-corrected chi connectivity index (χ0v) is 15.1. The number of carbonyl (C=O) groups is 1. The van der Waals surface area contributed by atoms with Crippen molar-refractivity contribution >= 4 is 11.6 Å². The summed E-state index contributed by atoms with van der Waals surface area (Å²) >= 11 is 0. The molecule has 3 aromatic rings. The van der Waals surface area contributed by atoms with Crippen molar-refractivity contribution in [1.29, 1.82) is 0 Å². The molecule has 26 heavy (non-hydrogen) atoms. The number of ether oxygens (including phenoxy) is 1. The van der Waals surface area contributed by atoms with Crippen molar-refractivity contribution in [3.05, 3.63) is 72.1 Å². The average Bonchev–Trinajstić information content (AvgIpc) is 3.09. The average molecular weight is 349 g/mol. The van der Waals surface area contributed by atoms with E-state index >= 15 is 0 Å². The molecule has 0 saturated carbocycles. The summed E-state index contributed by atoms with van der Waals surface area (Å²) in [5, 5.41) is 7.28. The molecule has 0 atom stereocenters. The van der Waals surface area contributed by atoms with E-state index in [2.05, 4.69) is 17.3 Å². The van der Waals surface area contributed by atoms with E-state index in [1.165, 1.54) is 0 Å². The van der Waals surface area contributed by atoms with Crippen LogP contribution in [0.1, 0.15) is 35.8 Å². The van der Waals surface area contributed by atoms with Crippen LogP contribution in [0.15, 0.2) is 60.8 Å². The van der Waals surface area contributed by atoms with Crippen LogP contribution >= 0.6 is 0 Å². The van der Waals surface area contributed by atoms with Crippen LogP contribution < -0.4 is 10.1 Å². The van der Waals surface area contributed by atoms with Crippen molar-refractivity contribution in [3.63, 3.8) is 0 Å². The summed E-state index contributed by atoms with van der Waals surface area (Å²) < 4.78 is 7.42. The predicted octanol–water partition coefficient (Wildman–Crippen LogP) is 4.61. The van der Waals surface area contributed by atoms with E-state index in [1.807, 2.05) is 55.6 Å². The molecule has 0 radical (unpaired) electrons. The van der Waals surface area contributed by atoms with Gasteiger partial charge in [0.2, 0.25) is 0 Å². The lowest BCUT2D eigenvalue weighted by Crippen LogP contribution is -2.11. The molecule has 5 nitrogen and oxygen atoms in total. The number of anilines is 1. The van der Waals surface area contributed by atoms with E-state index in [1.54, 1.807) is 16.8 Å². The van der Waals surface area contributed by atoms with Crippen LogP contribution in [0.3, 0.4) is 0 Å². The third-order valence-corrected chi connectivity index (χ3v) is 4.00. The first kappa shape index (κ1) is 17.7. The van der Waals surface area contributed by atoms with Crippen molar-refractivity contribution in [2.75, 3.05) is 11.9 Å². The molecule has 1 N–H and O–H groups in total. The van der Waals surface area contributed by atoms with Crippen LogP contribution in [0.25, 0.3) is 5.69 Å².